The van der Waals surface area contributed by atoms with E-state index >= 15 is 0 Å². The number of aryl methyl sites for hydroxylation is 2. The lowest BCUT2D eigenvalue weighted by Gasteiger charge is -1.97. The van der Waals surface area contributed by atoms with Crippen LogP contribution in [0, 0.1) is 13.8 Å². The first kappa shape index (κ1) is 9.28. The van der Waals surface area contributed by atoms with Gasteiger partial charge in [0.1, 0.15) is 11.3 Å². The van der Waals surface area contributed by atoms with Gasteiger partial charge in [0.2, 0.25) is 0 Å². The summed E-state index contributed by atoms with van der Waals surface area (Å²) in [6.45, 7) is 5.02. The molecule has 0 saturated heterocycles. The molecule has 0 unspecified atom stereocenters. The monoisotopic (exact) mass is 189 g/mol. The van der Waals surface area contributed by atoms with E-state index in [0.29, 0.717) is 0 Å². The largest absolute Gasteiger partial charge is 0.460 e. The van der Waals surface area contributed by atoms with Gasteiger partial charge in [-0.1, -0.05) is 0 Å². The summed E-state index contributed by atoms with van der Waals surface area (Å²) in [7, 11) is 1.92. The first-order valence-electron chi connectivity index (χ1n) is 4.85. The van der Waals surface area contributed by atoms with Gasteiger partial charge in [0.25, 0.3) is 0 Å². The van der Waals surface area contributed by atoms with Crippen molar-refractivity contribution < 1.29 is 4.42 Å². The Hall–Kier alpha value is -1.28. The van der Waals surface area contributed by atoms with Gasteiger partial charge in [0, 0.05) is 5.39 Å². The van der Waals surface area contributed by atoms with Crippen molar-refractivity contribution in [2.45, 2.75) is 20.4 Å². The number of furan rings is 1. The summed E-state index contributed by atoms with van der Waals surface area (Å²) in [5.41, 5.74) is 3.58. The van der Waals surface area contributed by atoms with Crippen LogP contribution in [0.2, 0.25) is 0 Å². The van der Waals surface area contributed by atoms with Gasteiger partial charge < -0.3 is 9.73 Å². The molecule has 0 spiro atoms. The molecule has 0 radical (unpaired) electrons. The predicted octanol–water partition coefficient (Wildman–Crippen LogP) is 2.77. The molecular weight excluding hydrogens is 174 g/mol. The Morgan fingerprint density at radius 2 is 1.86 bits per heavy atom. The quantitative estimate of drug-likeness (QED) is 0.785. The standard InChI is InChI=1S/C12H15NO/c1-8-4-10-6-11(7-13-3)14-12(10)5-9(8)2/h4-6,13H,7H2,1-3H3. The molecule has 2 rings (SSSR count). The molecule has 0 aliphatic heterocycles. The SMILES string of the molecule is CNCc1cc2cc(C)c(C)cc2o1. The van der Waals surface area contributed by atoms with Crippen LogP contribution in [0.4, 0.5) is 0 Å². The average molecular weight is 189 g/mol. The van der Waals surface area contributed by atoms with Crippen molar-refractivity contribution in [1.82, 2.24) is 5.32 Å². The number of hydrogen-bond acceptors (Lipinski definition) is 2. The Labute approximate surface area is 83.9 Å². The molecule has 2 heteroatoms. The van der Waals surface area contributed by atoms with Gasteiger partial charge in [0.05, 0.1) is 6.54 Å². The second-order valence-corrected chi connectivity index (χ2v) is 3.72. The van der Waals surface area contributed by atoms with Gasteiger partial charge in [-0.05, 0) is 50.2 Å². The van der Waals surface area contributed by atoms with E-state index in [2.05, 4.69) is 37.4 Å². The van der Waals surface area contributed by atoms with Gasteiger partial charge >= 0.3 is 0 Å². The molecule has 0 aliphatic carbocycles. The van der Waals surface area contributed by atoms with Crippen molar-refractivity contribution in [2.24, 2.45) is 0 Å². The van der Waals surface area contributed by atoms with Crippen molar-refractivity contribution in [2.75, 3.05) is 7.05 Å². The molecule has 0 amide bonds. The van der Waals surface area contributed by atoms with E-state index in [0.717, 1.165) is 17.9 Å². The van der Waals surface area contributed by atoms with E-state index in [4.69, 9.17) is 4.42 Å². The van der Waals surface area contributed by atoms with Crippen molar-refractivity contribution >= 4 is 11.0 Å². The highest BCUT2D eigenvalue weighted by Gasteiger charge is 2.04. The molecule has 0 atom stereocenters. The van der Waals surface area contributed by atoms with E-state index < -0.39 is 0 Å². The molecule has 2 nitrogen and oxygen atoms in total. The van der Waals surface area contributed by atoms with Crippen molar-refractivity contribution in [1.29, 1.82) is 0 Å². The average Bonchev–Trinajstić information content (AvgIpc) is 2.48. The van der Waals surface area contributed by atoms with Crippen molar-refractivity contribution in [3.8, 4) is 0 Å². The first-order valence-corrected chi connectivity index (χ1v) is 4.85. The summed E-state index contributed by atoms with van der Waals surface area (Å²) in [5.74, 6) is 0.993. The van der Waals surface area contributed by atoms with Crippen molar-refractivity contribution in [3.05, 3.63) is 35.1 Å². The summed E-state index contributed by atoms with van der Waals surface area (Å²) in [6.07, 6.45) is 0. The number of hydrogen-bond donors (Lipinski definition) is 1. The third-order valence-electron chi connectivity index (χ3n) is 2.53. The van der Waals surface area contributed by atoms with Gasteiger partial charge in [-0.25, -0.2) is 0 Å². The number of rotatable bonds is 2. The van der Waals surface area contributed by atoms with Crippen LogP contribution in [0.1, 0.15) is 16.9 Å². The smallest absolute Gasteiger partial charge is 0.134 e. The van der Waals surface area contributed by atoms with E-state index in [1.807, 2.05) is 7.05 Å². The summed E-state index contributed by atoms with van der Waals surface area (Å²) < 4.78 is 5.68. The lowest BCUT2D eigenvalue weighted by atomic mass is 10.1. The maximum atomic E-state index is 5.68. The fourth-order valence-electron chi connectivity index (χ4n) is 1.62. The Kier molecular flexibility index (Phi) is 2.30. The summed E-state index contributed by atoms with van der Waals surface area (Å²) >= 11 is 0. The fourth-order valence-corrected chi connectivity index (χ4v) is 1.62. The Bertz CT molecular complexity index is 418. The third-order valence-corrected chi connectivity index (χ3v) is 2.53. The normalized spacial score (nSPS) is 11.1. The number of fused-ring (bicyclic) bond motifs is 1. The zero-order valence-corrected chi connectivity index (χ0v) is 8.85. The molecule has 1 N–H and O–H groups in total. The summed E-state index contributed by atoms with van der Waals surface area (Å²) in [5, 5.41) is 4.27. The predicted molar refractivity (Wildman–Crippen MR) is 58.5 cm³/mol. The van der Waals surface area contributed by atoms with Crippen LogP contribution in [0.25, 0.3) is 11.0 Å². The minimum Gasteiger partial charge on any atom is -0.460 e. The second kappa shape index (κ2) is 3.46. The van der Waals surface area contributed by atoms with Gasteiger partial charge in [0.15, 0.2) is 0 Å². The zero-order chi connectivity index (χ0) is 10.1. The molecule has 14 heavy (non-hydrogen) atoms. The molecule has 0 saturated carbocycles. The Balaban J connectivity index is 2.54. The van der Waals surface area contributed by atoms with Crippen LogP contribution in [0.5, 0.6) is 0 Å². The van der Waals surface area contributed by atoms with Gasteiger partial charge in [-0.3, -0.25) is 0 Å². The van der Waals surface area contributed by atoms with Crippen molar-refractivity contribution in [3.63, 3.8) is 0 Å². The maximum Gasteiger partial charge on any atom is 0.134 e. The van der Waals surface area contributed by atoms with Crippen LogP contribution < -0.4 is 5.32 Å². The summed E-state index contributed by atoms with van der Waals surface area (Å²) in [6, 6.07) is 6.37. The highest BCUT2D eigenvalue weighted by Crippen LogP contribution is 2.22. The molecule has 2 aromatic rings. The zero-order valence-electron chi connectivity index (χ0n) is 8.85. The van der Waals surface area contributed by atoms with E-state index in [9.17, 15) is 0 Å². The molecule has 74 valence electrons. The van der Waals surface area contributed by atoms with E-state index in [-0.39, 0.29) is 0 Å². The van der Waals surface area contributed by atoms with Crippen LogP contribution in [-0.4, -0.2) is 7.05 Å². The van der Waals surface area contributed by atoms with Crippen LogP contribution in [0.15, 0.2) is 22.6 Å². The second-order valence-electron chi connectivity index (χ2n) is 3.72. The highest BCUT2D eigenvalue weighted by molar-refractivity contribution is 5.79. The lowest BCUT2D eigenvalue weighted by Crippen LogP contribution is -2.03. The van der Waals surface area contributed by atoms with E-state index in [1.165, 1.54) is 16.5 Å². The molecule has 0 fully saturated rings. The van der Waals surface area contributed by atoms with Gasteiger partial charge in [-0.2, -0.15) is 0 Å². The first-order chi connectivity index (χ1) is 6.70. The van der Waals surface area contributed by atoms with Gasteiger partial charge in [-0.15, -0.1) is 0 Å². The van der Waals surface area contributed by atoms with Crippen LogP contribution in [0.3, 0.4) is 0 Å². The molecule has 0 bridgehead atoms. The Morgan fingerprint density at radius 1 is 1.14 bits per heavy atom. The number of nitrogens with one attached hydrogen (secondary N) is 1. The maximum absolute atomic E-state index is 5.68. The van der Waals surface area contributed by atoms with Crippen LogP contribution >= 0.6 is 0 Å². The topological polar surface area (TPSA) is 25.2 Å². The van der Waals surface area contributed by atoms with Crippen LogP contribution in [-0.2, 0) is 6.54 Å². The highest BCUT2D eigenvalue weighted by atomic mass is 16.3. The minimum atomic E-state index is 0.784. The molecule has 0 aliphatic rings. The Morgan fingerprint density at radius 3 is 2.57 bits per heavy atom. The number of benzene rings is 1. The fraction of sp³-hybridized carbons (Fsp3) is 0.333. The molecule has 1 aromatic heterocycles. The molecular formula is C12H15NO. The lowest BCUT2D eigenvalue weighted by molar-refractivity contribution is 0.530. The molecule has 1 aromatic carbocycles. The summed E-state index contributed by atoms with van der Waals surface area (Å²) in [4.78, 5) is 0. The molecule has 1 heterocycles. The van der Waals surface area contributed by atoms with E-state index in [1.54, 1.807) is 0 Å². The minimum absolute atomic E-state index is 0.784. The third kappa shape index (κ3) is 1.53.